The van der Waals surface area contributed by atoms with Crippen LogP contribution >= 0.6 is 12.4 Å². The van der Waals surface area contributed by atoms with Crippen molar-refractivity contribution >= 4 is 18.3 Å². The minimum atomic E-state index is -0.339. The molecule has 1 aliphatic heterocycles. The van der Waals surface area contributed by atoms with Crippen LogP contribution in [0.3, 0.4) is 0 Å². The number of rotatable bonds is 2. The first-order valence-corrected chi connectivity index (χ1v) is 6.46. The highest BCUT2D eigenvalue weighted by molar-refractivity contribution is 5.85. The lowest BCUT2D eigenvalue weighted by Gasteiger charge is -2.31. The molecule has 5 heteroatoms. The molecule has 0 radical (unpaired) electrons. The van der Waals surface area contributed by atoms with Gasteiger partial charge in [-0.3, -0.25) is 4.79 Å². The summed E-state index contributed by atoms with van der Waals surface area (Å²) in [5.74, 6) is 0.223. The highest BCUT2D eigenvalue weighted by Crippen LogP contribution is 2.19. The molecule has 17 heavy (non-hydrogen) atoms. The summed E-state index contributed by atoms with van der Waals surface area (Å²) in [5, 5.41) is 16.0. The molecule has 1 saturated heterocycles. The van der Waals surface area contributed by atoms with Crippen LogP contribution in [0.25, 0.3) is 0 Å². The summed E-state index contributed by atoms with van der Waals surface area (Å²) in [4.78, 5) is 11.9. The van der Waals surface area contributed by atoms with Crippen molar-refractivity contribution < 1.29 is 9.90 Å². The maximum Gasteiger partial charge on any atom is 0.224 e. The largest absolute Gasteiger partial charge is 0.391 e. The van der Waals surface area contributed by atoms with Gasteiger partial charge in [-0.05, 0) is 32.2 Å². The maximum absolute atomic E-state index is 11.9. The fraction of sp³-hybridized carbons (Fsp3) is 0.917. The summed E-state index contributed by atoms with van der Waals surface area (Å²) in [5.41, 5.74) is 0. The van der Waals surface area contributed by atoms with E-state index in [2.05, 4.69) is 10.6 Å². The number of amides is 1. The molecule has 3 N–H and O–H groups in total. The molecule has 1 heterocycles. The summed E-state index contributed by atoms with van der Waals surface area (Å²) >= 11 is 0. The van der Waals surface area contributed by atoms with Crippen molar-refractivity contribution in [2.24, 2.45) is 5.92 Å². The monoisotopic (exact) mass is 262 g/mol. The highest BCUT2D eigenvalue weighted by atomic mass is 35.5. The second kappa shape index (κ2) is 7.19. The zero-order valence-electron chi connectivity index (χ0n) is 10.2. The molecule has 100 valence electrons. The van der Waals surface area contributed by atoms with Crippen molar-refractivity contribution in [3.63, 3.8) is 0 Å². The molecule has 1 saturated carbocycles. The molecule has 0 aromatic carbocycles. The molecule has 1 aliphatic carbocycles. The molecule has 4 nitrogen and oxygen atoms in total. The van der Waals surface area contributed by atoms with Gasteiger partial charge in [0.15, 0.2) is 0 Å². The van der Waals surface area contributed by atoms with Gasteiger partial charge in [0.1, 0.15) is 0 Å². The van der Waals surface area contributed by atoms with Gasteiger partial charge in [0.2, 0.25) is 5.91 Å². The average molecular weight is 263 g/mol. The number of aliphatic hydroxyl groups is 1. The lowest BCUT2D eigenvalue weighted by atomic mass is 9.91. The maximum atomic E-state index is 11.9. The number of carbonyl (C=O) groups is 1. The quantitative estimate of drug-likeness (QED) is 0.691. The Bertz CT molecular complexity index is 245. The summed E-state index contributed by atoms with van der Waals surface area (Å²) in [6, 6.07) is -0.0109. The van der Waals surface area contributed by atoms with Crippen LogP contribution in [-0.4, -0.2) is 36.2 Å². The number of halogens is 1. The minimum absolute atomic E-state index is 0. The predicted molar refractivity (Wildman–Crippen MR) is 69.2 cm³/mol. The van der Waals surface area contributed by atoms with E-state index in [0.29, 0.717) is 0 Å². The molecule has 0 aromatic rings. The third kappa shape index (κ3) is 4.12. The molecule has 3 atom stereocenters. The molecular formula is C12H23ClN2O2. The van der Waals surface area contributed by atoms with Crippen molar-refractivity contribution in [2.75, 3.05) is 13.1 Å². The van der Waals surface area contributed by atoms with E-state index < -0.39 is 0 Å². The van der Waals surface area contributed by atoms with E-state index in [4.69, 9.17) is 0 Å². The fourth-order valence-corrected chi connectivity index (χ4v) is 2.66. The second-order valence-electron chi connectivity index (χ2n) is 5.01. The first-order chi connectivity index (χ1) is 7.77. The lowest BCUT2D eigenvalue weighted by molar-refractivity contribution is -0.127. The van der Waals surface area contributed by atoms with Crippen LogP contribution in [0, 0.1) is 5.92 Å². The lowest BCUT2D eigenvalue weighted by Crippen LogP contribution is -2.49. The molecule has 0 aromatic heterocycles. The Morgan fingerprint density at radius 1 is 1.18 bits per heavy atom. The van der Waals surface area contributed by atoms with Gasteiger partial charge in [-0.15, -0.1) is 12.4 Å². The first-order valence-electron chi connectivity index (χ1n) is 6.46. The number of hydrogen-bond acceptors (Lipinski definition) is 3. The number of carbonyl (C=O) groups excluding carboxylic acids is 1. The fourth-order valence-electron chi connectivity index (χ4n) is 2.66. The number of nitrogens with one attached hydrogen (secondary N) is 2. The summed E-state index contributed by atoms with van der Waals surface area (Å²) in [6.45, 7) is 1.81. The van der Waals surface area contributed by atoms with Crippen molar-refractivity contribution in [3.8, 4) is 0 Å². The van der Waals surface area contributed by atoms with Crippen molar-refractivity contribution in [3.05, 3.63) is 0 Å². The Kier molecular flexibility index (Phi) is 6.23. The zero-order chi connectivity index (χ0) is 11.4. The van der Waals surface area contributed by atoms with E-state index in [0.717, 1.165) is 51.6 Å². The van der Waals surface area contributed by atoms with Crippen LogP contribution in [0.2, 0.25) is 0 Å². The highest BCUT2D eigenvalue weighted by Gasteiger charge is 2.28. The van der Waals surface area contributed by atoms with Crippen molar-refractivity contribution in [1.82, 2.24) is 10.6 Å². The van der Waals surface area contributed by atoms with Gasteiger partial charge < -0.3 is 15.7 Å². The molecule has 2 rings (SSSR count). The summed E-state index contributed by atoms with van der Waals surface area (Å²) in [7, 11) is 0. The molecule has 0 unspecified atom stereocenters. The van der Waals surface area contributed by atoms with Crippen LogP contribution in [-0.2, 0) is 4.79 Å². The van der Waals surface area contributed by atoms with E-state index in [-0.39, 0.29) is 36.4 Å². The Labute approximate surface area is 109 Å². The predicted octanol–water partition coefficient (Wildman–Crippen LogP) is 0.827. The van der Waals surface area contributed by atoms with Crippen LogP contribution in [0.15, 0.2) is 0 Å². The second-order valence-corrected chi connectivity index (χ2v) is 5.01. The van der Waals surface area contributed by atoms with E-state index in [9.17, 15) is 9.90 Å². The molecule has 1 amide bonds. The number of aliphatic hydroxyl groups excluding tert-OH is 1. The van der Waals surface area contributed by atoms with Crippen LogP contribution in [0.1, 0.15) is 38.5 Å². The third-order valence-electron chi connectivity index (χ3n) is 3.72. The van der Waals surface area contributed by atoms with Gasteiger partial charge in [0.05, 0.1) is 18.1 Å². The number of hydrogen-bond donors (Lipinski definition) is 3. The Hall–Kier alpha value is -0.320. The smallest absolute Gasteiger partial charge is 0.224 e. The first kappa shape index (κ1) is 14.7. The standard InChI is InChI=1S/C12H22N2O2.ClH/c15-11-6-2-1-5-10(11)14-12(16)9-4-3-7-13-8-9;/h9-11,13,15H,1-8H2,(H,14,16);1H/t9-,10+,11+;/m1./s1. The van der Waals surface area contributed by atoms with Gasteiger partial charge in [0, 0.05) is 6.54 Å². The molecule has 2 aliphatic rings. The van der Waals surface area contributed by atoms with Crippen molar-refractivity contribution in [2.45, 2.75) is 50.7 Å². The molecule has 0 spiro atoms. The van der Waals surface area contributed by atoms with Crippen LogP contribution < -0.4 is 10.6 Å². The molecular weight excluding hydrogens is 240 g/mol. The SMILES string of the molecule is Cl.O=C(N[C@H]1CCCC[C@@H]1O)[C@@H]1CCCNC1. The Morgan fingerprint density at radius 2 is 1.94 bits per heavy atom. The Balaban J connectivity index is 0.00000144. The summed E-state index contributed by atoms with van der Waals surface area (Å²) in [6.07, 6.45) is 5.66. The van der Waals surface area contributed by atoms with E-state index in [1.54, 1.807) is 0 Å². The van der Waals surface area contributed by atoms with Gasteiger partial charge in [0.25, 0.3) is 0 Å². The van der Waals surface area contributed by atoms with E-state index in [1.807, 2.05) is 0 Å². The molecule has 2 fully saturated rings. The minimum Gasteiger partial charge on any atom is -0.391 e. The third-order valence-corrected chi connectivity index (χ3v) is 3.72. The van der Waals surface area contributed by atoms with Gasteiger partial charge in [-0.2, -0.15) is 0 Å². The zero-order valence-corrected chi connectivity index (χ0v) is 11.0. The van der Waals surface area contributed by atoms with Gasteiger partial charge in [-0.25, -0.2) is 0 Å². The summed E-state index contributed by atoms with van der Waals surface area (Å²) < 4.78 is 0. The average Bonchev–Trinajstić information content (AvgIpc) is 2.33. The van der Waals surface area contributed by atoms with Crippen molar-refractivity contribution in [1.29, 1.82) is 0 Å². The normalized spacial score (nSPS) is 33.6. The molecule has 0 bridgehead atoms. The van der Waals surface area contributed by atoms with E-state index >= 15 is 0 Å². The van der Waals surface area contributed by atoms with Crippen LogP contribution in [0.4, 0.5) is 0 Å². The van der Waals surface area contributed by atoms with Gasteiger partial charge in [-0.1, -0.05) is 12.8 Å². The topological polar surface area (TPSA) is 61.4 Å². The van der Waals surface area contributed by atoms with Gasteiger partial charge >= 0.3 is 0 Å². The number of piperidine rings is 1. The Morgan fingerprint density at radius 3 is 2.59 bits per heavy atom. The van der Waals surface area contributed by atoms with E-state index in [1.165, 1.54) is 0 Å². The van der Waals surface area contributed by atoms with Crippen LogP contribution in [0.5, 0.6) is 0 Å².